The molecule has 20 heavy (non-hydrogen) atoms. The molecule has 0 fully saturated rings. The second kappa shape index (κ2) is 6.93. The van der Waals surface area contributed by atoms with E-state index in [1.807, 2.05) is 25.1 Å². The first-order valence-corrected chi connectivity index (χ1v) is 6.99. The van der Waals surface area contributed by atoms with Crippen LogP contribution in [0, 0.1) is 12.8 Å². The summed E-state index contributed by atoms with van der Waals surface area (Å²) >= 11 is 0. The lowest BCUT2D eigenvalue weighted by atomic mass is 10.1. The molecule has 5 nitrogen and oxygen atoms in total. The Labute approximate surface area is 119 Å². The highest BCUT2D eigenvalue weighted by Gasteiger charge is 2.03. The van der Waals surface area contributed by atoms with E-state index < -0.39 is 0 Å². The van der Waals surface area contributed by atoms with Crippen molar-refractivity contribution in [1.82, 2.24) is 9.97 Å². The number of hydrogen-bond donors (Lipinski definition) is 2. The molecular weight excluding hydrogens is 252 g/mol. The quantitative estimate of drug-likeness (QED) is 0.809. The average molecular weight is 274 g/mol. The number of hydrogen-bond acceptors (Lipinski definition) is 5. The number of aryl methyl sites for hydroxylation is 1. The van der Waals surface area contributed by atoms with E-state index in [1.54, 1.807) is 6.26 Å². The lowest BCUT2D eigenvalue weighted by molar-refractivity contribution is 0.517. The molecule has 0 aliphatic heterocycles. The van der Waals surface area contributed by atoms with Gasteiger partial charge in [-0.1, -0.05) is 13.8 Å². The number of aromatic nitrogens is 2. The standard InChI is InChI=1S/C15H22N4O/c1-11(2)6-7-16-14-9-15(19-12(3)18-14)17-10-13-5-4-8-20-13/h4-5,8-9,11H,6-7,10H2,1-3H3,(H2,16,17,18,19). The zero-order valence-corrected chi connectivity index (χ0v) is 12.3. The molecule has 0 saturated carbocycles. The number of nitrogens with zero attached hydrogens (tertiary/aromatic N) is 2. The maximum Gasteiger partial charge on any atom is 0.132 e. The van der Waals surface area contributed by atoms with Crippen LogP contribution in [0.1, 0.15) is 31.9 Å². The first-order valence-electron chi connectivity index (χ1n) is 6.99. The van der Waals surface area contributed by atoms with Crippen molar-refractivity contribution in [3.8, 4) is 0 Å². The summed E-state index contributed by atoms with van der Waals surface area (Å²) in [6, 6.07) is 5.74. The summed E-state index contributed by atoms with van der Waals surface area (Å²) in [6.45, 7) is 7.86. The third-order valence-electron chi connectivity index (χ3n) is 2.89. The fraction of sp³-hybridized carbons (Fsp3) is 0.467. The fourth-order valence-corrected chi connectivity index (χ4v) is 1.83. The summed E-state index contributed by atoms with van der Waals surface area (Å²) < 4.78 is 5.29. The molecule has 2 aromatic heterocycles. The van der Waals surface area contributed by atoms with Crippen molar-refractivity contribution in [3.05, 3.63) is 36.0 Å². The summed E-state index contributed by atoms with van der Waals surface area (Å²) in [5.74, 6) is 3.99. The van der Waals surface area contributed by atoms with Crippen LogP contribution < -0.4 is 10.6 Å². The number of nitrogens with one attached hydrogen (secondary N) is 2. The molecule has 5 heteroatoms. The van der Waals surface area contributed by atoms with Crippen molar-refractivity contribution in [2.45, 2.75) is 33.7 Å². The molecule has 2 heterocycles. The van der Waals surface area contributed by atoms with Crippen LogP contribution in [0.3, 0.4) is 0 Å². The molecule has 108 valence electrons. The maximum atomic E-state index is 5.29. The fourth-order valence-electron chi connectivity index (χ4n) is 1.83. The van der Waals surface area contributed by atoms with Crippen molar-refractivity contribution < 1.29 is 4.42 Å². The Balaban J connectivity index is 1.93. The largest absolute Gasteiger partial charge is 0.467 e. The van der Waals surface area contributed by atoms with Gasteiger partial charge in [0.05, 0.1) is 12.8 Å². The van der Waals surface area contributed by atoms with Crippen LogP contribution in [0.2, 0.25) is 0 Å². The van der Waals surface area contributed by atoms with E-state index in [0.717, 1.165) is 36.2 Å². The van der Waals surface area contributed by atoms with Gasteiger partial charge in [-0.05, 0) is 31.4 Å². The van der Waals surface area contributed by atoms with Gasteiger partial charge >= 0.3 is 0 Å². The highest BCUT2D eigenvalue weighted by atomic mass is 16.3. The SMILES string of the molecule is Cc1nc(NCCC(C)C)cc(NCc2ccco2)n1. The third-order valence-corrected chi connectivity index (χ3v) is 2.89. The van der Waals surface area contributed by atoms with Crippen molar-refractivity contribution in [1.29, 1.82) is 0 Å². The van der Waals surface area contributed by atoms with E-state index in [1.165, 1.54) is 0 Å². The molecule has 0 bridgehead atoms. The first-order chi connectivity index (χ1) is 9.63. The molecule has 2 rings (SSSR count). The number of anilines is 2. The summed E-state index contributed by atoms with van der Waals surface area (Å²) in [5.41, 5.74) is 0. The van der Waals surface area contributed by atoms with Crippen LogP contribution in [-0.2, 0) is 6.54 Å². The van der Waals surface area contributed by atoms with Crippen molar-refractivity contribution in [2.75, 3.05) is 17.2 Å². The van der Waals surface area contributed by atoms with Crippen molar-refractivity contribution in [2.24, 2.45) is 5.92 Å². The lowest BCUT2D eigenvalue weighted by Gasteiger charge is -2.10. The van der Waals surface area contributed by atoms with Gasteiger partial charge in [0.1, 0.15) is 23.2 Å². The van der Waals surface area contributed by atoms with Crippen LogP contribution >= 0.6 is 0 Å². The Morgan fingerprint density at radius 1 is 1.20 bits per heavy atom. The minimum absolute atomic E-state index is 0.620. The molecule has 0 aliphatic rings. The van der Waals surface area contributed by atoms with Gasteiger partial charge in [-0.25, -0.2) is 9.97 Å². The van der Waals surface area contributed by atoms with E-state index in [0.29, 0.717) is 12.5 Å². The Hall–Kier alpha value is -2.04. The molecule has 0 aliphatic carbocycles. The minimum Gasteiger partial charge on any atom is -0.467 e. The molecular formula is C15H22N4O. The summed E-state index contributed by atoms with van der Waals surface area (Å²) in [4.78, 5) is 8.76. The van der Waals surface area contributed by atoms with Crippen LogP contribution in [0.15, 0.2) is 28.9 Å². The van der Waals surface area contributed by atoms with Gasteiger partial charge in [0, 0.05) is 12.6 Å². The predicted octanol–water partition coefficient (Wildman–Crippen LogP) is 3.45. The number of rotatable bonds is 7. The van der Waals surface area contributed by atoms with Gasteiger partial charge in [-0.2, -0.15) is 0 Å². The summed E-state index contributed by atoms with van der Waals surface area (Å²) in [7, 11) is 0. The molecule has 0 spiro atoms. The normalized spacial score (nSPS) is 10.8. The molecule has 0 amide bonds. The lowest BCUT2D eigenvalue weighted by Crippen LogP contribution is -2.09. The van der Waals surface area contributed by atoms with E-state index in [4.69, 9.17) is 4.42 Å². The topological polar surface area (TPSA) is 63.0 Å². The Morgan fingerprint density at radius 3 is 2.60 bits per heavy atom. The Kier molecular flexibility index (Phi) is 4.98. The van der Waals surface area contributed by atoms with Crippen LogP contribution in [0.25, 0.3) is 0 Å². The third kappa shape index (κ3) is 4.57. The molecule has 0 saturated heterocycles. The maximum absolute atomic E-state index is 5.29. The molecule has 0 atom stereocenters. The van der Waals surface area contributed by atoms with Crippen molar-refractivity contribution in [3.63, 3.8) is 0 Å². The highest BCUT2D eigenvalue weighted by Crippen LogP contribution is 2.13. The zero-order chi connectivity index (χ0) is 14.4. The summed E-state index contributed by atoms with van der Waals surface area (Å²) in [6.07, 6.45) is 2.79. The zero-order valence-electron chi connectivity index (χ0n) is 12.3. The van der Waals surface area contributed by atoms with E-state index in [2.05, 4.69) is 34.4 Å². The summed E-state index contributed by atoms with van der Waals surface area (Å²) in [5, 5.41) is 6.58. The molecule has 2 aromatic rings. The molecule has 0 unspecified atom stereocenters. The van der Waals surface area contributed by atoms with Gasteiger partial charge in [0.2, 0.25) is 0 Å². The molecule has 0 aromatic carbocycles. The van der Waals surface area contributed by atoms with E-state index in [9.17, 15) is 0 Å². The number of furan rings is 1. The van der Waals surface area contributed by atoms with Gasteiger partial charge in [-0.15, -0.1) is 0 Å². The molecule has 2 N–H and O–H groups in total. The monoisotopic (exact) mass is 274 g/mol. The van der Waals surface area contributed by atoms with Crippen LogP contribution in [0.4, 0.5) is 11.6 Å². The minimum atomic E-state index is 0.620. The second-order valence-corrected chi connectivity index (χ2v) is 5.23. The van der Waals surface area contributed by atoms with Gasteiger partial charge in [0.25, 0.3) is 0 Å². The van der Waals surface area contributed by atoms with E-state index >= 15 is 0 Å². The Bertz CT molecular complexity index is 523. The average Bonchev–Trinajstić information content (AvgIpc) is 2.88. The first kappa shape index (κ1) is 14.4. The van der Waals surface area contributed by atoms with E-state index in [-0.39, 0.29) is 0 Å². The van der Waals surface area contributed by atoms with Crippen LogP contribution in [0.5, 0.6) is 0 Å². The van der Waals surface area contributed by atoms with Crippen molar-refractivity contribution >= 4 is 11.6 Å². The predicted molar refractivity (Wildman–Crippen MR) is 80.7 cm³/mol. The Morgan fingerprint density at radius 2 is 1.95 bits per heavy atom. The highest BCUT2D eigenvalue weighted by molar-refractivity contribution is 5.47. The smallest absolute Gasteiger partial charge is 0.132 e. The van der Waals surface area contributed by atoms with Gasteiger partial charge in [-0.3, -0.25) is 0 Å². The van der Waals surface area contributed by atoms with Gasteiger partial charge in [0.15, 0.2) is 0 Å². The van der Waals surface area contributed by atoms with Gasteiger partial charge < -0.3 is 15.1 Å². The second-order valence-electron chi connectivity index (χ2n) is 5.23. The van der Waals surface area contributed by atoms with Crippen LogP contribution in [-0.4, -0.2) is 16.5 Å². The molecule has 0 radical (unpaired) electrons.